The highest BCUT2D eigenvalue weighted by Gasteiger charge is 2.20. The van der Waals surface area contributed by atoms with Crippen molar-refractivity contribution in [3.63, 3.8) is 0 Å². The third-order valence-electron chi connectivity index (χ3n) is 4.03. The van der Waals surface area contributed by atoms with Crippen molar-refractivity contribution in [2.75, 3.05) is 53.6 Å². The van der Waals surface area contributed by atoms with Gasteiger partial charge in [-0.3, -0.25) is 4.99 Å². The zero-order chi connectivity index (χ0) is 16.4. The maximum absolute atomic E-state index is 5.76. The van der Waals surface area contributed by atoms with Crippen molar-refractivity contribution >= 4 is 29.9 Å². The Hall–Kier alpha value is -0.120. The van der Waals surface area contributed by atoms with Crippen molar-refractivity contribution in [2.45, 2.75) is 45.3 Å². The monoisotopic (exact) mass is 442 g/mol. The van der Waals surface area contributed by atoms with Crippen molar-refractivity contribution in [3.05, 3.63) is 0 Å². The van der Waals surface area contributed by atoms with E-state index in [0.717, 1.165) is 58.3 Å². The fourth-order valence-electron chi connectivity index (χ4n) is 1.93. The van der Waals surface area contributed by atoms with Crippen LogP contribution in [0, 0.1) is 0 Å². The summed E-state index contributed by atoms with van der Waals surface area (Å²) in [5.41, 5.74) is 0.0495. The summed E-state index contributed by atoms with van der Waals surface area (Å²) < 4.78 is 11.1. The highest BCUT2D eigenvalue weighted by molar-refractivity contribution is 14.0. The van der Waals surface area contributed by atoms with Gasteiger partial charge >= 0.3 is 0 Å². The van der Waals surface area contributed by atoms with Gasteiger partial charge in [0, 0.05) is 31.8 Å². The summed E-state index contributed by atoms with van der Waals surface area (Å²) in [6.07, 6.45) is 2.29. The molecule has 0 aliphatic carbocycles. The first-order chi connectivity index (χ1) is 10.5. The molecule has 0 saturated carbocycles. The molecule has 1 atom stereocenters. The van der Waals surface area contributed by atoms with Crippen LogP contribution in [0.3, 0.4) is 0 Å². The number of hydrogen-bond donors (Lipinski definition) is 2. The molecule has 0 aromatic rings. The predicted octanol–water partition coefficient (Wildman–Crippen LogP) is 1.70. The Morgan fingerprint density at radius 3 is 2.65 bits per heavy atom. The zero-order valence-corrected chi connectivity index (χ0v) is 17.7. The van der Waals surface area contributed by atoms with Crippen LogP contribution in [-0.2, 0) is 9.47 Å². The molecule has 1 fully saturated rings. The molecule has 0 aromatic carbocycles. The number of nitrogens with zero attached hydrogens (tertiary/aromatic N) is 2. The molecule has 23 heavy (non-hydrogen) atoms. The molecule has 0 radical (unpaired) electrons. The SMILES string of the molecule is CCNC(=NCC(C)(C)N(C)C)NCCCOC1CCOC1.I. The van der Waals surface area contributed by atoms with E-state index in [1.807, 2.05) is 0 Å². The number of nitrogens with one attached hydrogen (secondary N) is 2. The Labute approximate surface area is 158 Å². The van der Waals surface area contributed by atoms with Gasteiger partial charge in [-0.05, 0) is 47.7 Å². The molecular formula is C16H35IN4O2. The van der Waals surface area contributed by atoms with Gasteiger partial charge in [0.15, 0.2) is 5.96 Å². The van der Waals surface area contributed by atoms with Gasteiger partial charge in [0.25, 0.3) is 0 Å². The van der Waals surface area contributed by atoms with Gasteiger partial charge in [-0.2, -0.15) is 0 Å². The Bertz CT molecular complexity index is 332. The number of halogens is 1. The maximum atomic E-state index is 5.76. The zero-order valence-electron chi connectivity index (χ0n) is 15.4. The Morgan fingerprint density at radius 1 is 1.35 bits per heavy atom. The maximum Gasteiger partial charge on any atom is 0.191 e. The van der Waals surface area contributed by atoms with Crippen LogP contribution in [0.4, 0.5) is 0 Å². The lowest BCUT2D eigenvalue weighted by molar-refractivity contribution is 0.0420. The van der Waals surface area contributed by atoms with E-state index in [1.54, 1.807) is 0 Å². The third-order valence-corrected chi connectivity index (χ3v) is 4.03. The molecule has 0 bridgehead atoms. The summed E-state index contributed by atoms with van der Waals surface area (Å²) in [6, 6.07) is 0. The van der Waals surface area contributed by atoms with Gasteiger partial charge < -0.3 is 25.0 Å². The van der Waals surface area contributed by atoms with Gasteiger partial charge in [0.2, 0.25) is 0 Å². The highest BCUT2D eigenvalue weighted by atomic mass is 127. The number of aliphatic imine (C=N–C) groups is 1. The fraction of sp³-hybridized carbons (Fsp3) is 0.938. The number of hydrogen-bond acceptors (Lipinski definition) is 4. The van der Waals surface area contributed by atoms with Crippen LogP contribution in [0.2, 0.25) is 0 Å². The molecular weight excluding hydrogens is 407 g/mol. The second-order valence-electron chi connectivity index (χ2n) is 6.54. The normalized spacial score (nSPS) is 18.9. The predicted molar refractivity (Wildman–Crippen MR) is 107 cm³/mol. The molecule has 6 nitrogen and oxygen atoms in total. The van der Waals surface area contributed by atoms with Crippen LogP contribution < -0.4 is 10.6 Å². The van der Waals surface area contributed by atoms with E-state index >= 15 is 0 Å². The van der Waals surface area contributed by atoms with Crippen molar-refractivity contribution in [3.8, 4) is 0 Å². The fourth-order valence-corrected chi connectivity index (χ4v) is 1.93. The second-order valence-corrected chi connectivity index (χ2v) is 6.54. The number of likely N-dealkylation sites (N-methyl/N-ethyl adjacent to an activating group) is 1. The molecule has 1 saturated heterocycles. The van der Waals surface area contributed by atoms with Crippen LogP contribution in [0.15, 0.2) is 4.99 Å². The summed E-state index contributed by atoms with van der Waals surface area (Å²) in [4.78, 5) is 6.87. The average molecular weight is 442 g/mol. The van der Waals surface area contributed by atoms with E-state index in [1.165, 1.54) is 0 Å². The second kappa shape index (κ2) is 12.3. The van der Waals surface area contributed by atoms with E-state index in [0.29, 0.717) is 6.10 Å². The Kier molecular flexibility index (Phi) is 12.2. The minimum absolute atomic E-state index is 0. The first-order valence-electron chi connectivity index (χ1n) is 8.34. The first kappa shape index (κ1) is 22.9. The van der Waals surface area contributed by atoms with Crippen LogP contribution >= 0.6 is 24.0 Å². The quantitative estimate of drug-likeness (QED) is 0.247. The lowest BCUT2D eigenvalue weighted by Crippen LogP contribution is -2.44. The summed E-state index contributed by atoms with van der Waals surface area (Å²) in [7, 11) is 4.17. The van der Waals surface area contributed by atoms with Gasteiger partial charge in [0.1, 0.15) is 0 Å². The topological polar surface area (TPSA) is 58.1 Å². The third kappa shape index (κ3) is 9.69. The summed E-state index contributed by atoms with van der Waals surface area (Å²) >= 11 is 0. The molecule has 7 heteroatoms. The van der Waals surface area contributed by atoms with E-state index < -0.39 is 0 Å². The van der Waals surface area contributed by atoms with Gasteiger partial charge in [-0.15, -0.1) is 24.0 Å². The lowest BCUT2D eigenvalue weighted by Gasteiger charge is -2.31. The average Bonchev–Trinajstić information content (AvgIpc) is 2.97. The largest absolute Gasteiger partial charge is 0.379 e. The summed E-state index contributed by atoms with van der Waals surface area (Å²) in [5.74, 6) is 0.877. The van der Waals surface area contributed by atoms with Gasteiger partial charge in [-0.1, -0.05) is 0 Å². The summed E-state index contributed by atoms with van der Waals surface area (Å²) in [5, 5.41) is 6.65. The standard InChI is InChI=1S/C16H34N4O2.HI/c1-6-17-15(19-13-16(2,3)20(4)5)18-9-7-10-22-14-8-11-21-12-14;/h14H,6-13H2,1-5H3,(H2,17,18,19);1H. The van der Waals surface area contributed by atoms with Crippen LogP contribution in [-0.4, -0.2) is 76.1 Å². The molecule has 1 rings (SSSR count). The van der Waals surface area contributed by atoms with Gasteiger partial charge in [-0.25, -0.2) is 0 Å². The molecule has 1 unspecified atom stereocenters. The summed E-state index contributed by atoms with van der Waals surface area (Å²) in [6.45, 7) is 11.3. The van der Waals surface area contributed by atoms with Crippen LogP contribution in [0.5, 0.6) is 0 Å². The Balaban J connectivity index is 0.00000484. The van der Waals surface area contributed by atoms with E-state index in [-0.39, 0.29) is 29.5 Å². The molecule has 0 amide bonds. The van der Waals surface area contributed by atoms with Crippen molar-refractivity contribution in [2.24, 2.45) is 4.99 Å². The van der Waals surface area contributed by atoms with E-state index in [4.69, 9.17) is 9.47 Å². The Morgan fingerprint density at radius 2 is 2.09 bits per heavy atom. The molecule has 2 N–H and O–H groups in total. The number of ether oxygens (including phenoxy) is 2. The minimum Gasteiger partial charge on any atom is -0.379 e. The van der Waals surface area contributed by atoms with Crippen molar-refractivity contribution < 1.29 is 9.47 Å². The molecule has 1 heterocycles. The van der Waals surface area contributed by atoms with E-state index in [9.17, 15) is 0 Å². The molecule has 0 aromatic heterocycles. The number of rotatable bonds is 9. The lowest BCUT2D eigenvalue weighted by atomic mass is 10.1. The molecule has 138 valence electrons. The van der Waals surface area contributed by atoms with Crippen molar-refractivity contribution in [1.29, 1.82) is 0 Å². The molecule has 1 aliphatic rings. The molecule has 0 spiro atoms. The number of guanidine groups is 1. The minimum atomic E-state index is 0. The van der Waals surface area contributed by atoms with Crippen LogP contribution in [0.1, 0.15) is 33.6 Å². The smallest absolute Gasteiger partial charge is 0.191 e. The molecule has 1 aliphatic heterocycles. The van der Waals surface area contributed by atoms with Crippen LogP contribution in [0.25, 0.3) is 0 Å². The van der Waals surface area contributed by atoms with E-state index in [2.05, 4.69) is 55.4 Å². The highest BCUT2D eigenvalue weighted by Crippen LogP contribution is 2.10. The van der Waals surface area contributed by atoms with Crippen molar-refractivity contribution in [1.82, 2.24) is 15.5 Å². The van der Waals surface area contributed by atoms with Gasteiger partial charge in [0.05, 0.1) is 19.3 Å². The first-order valence-corrected chi connectivity index (χ1v) is 8.34.